The van der Waals surface area contributed by atoms with Crippen LogP contribution in [0.1, 0.15) is 18.1 Å². The second-order valence-electron chi connectivity index (χ2n) is 5.54. The third kappa shape index (κ3) is 4.47. The first-order valence-electron chi connectivity index (χ1n) is 7.64. The first-order valence-corrected chi connectivity index (χ1v) is 7.64. The molecule has 0 fully saturated rings. The molecule has 0 saturated carbocycles. The largest absolute Gasteiger partial charge is 0.337 e. The molecule has 0 radical (unpaired) electrons. The van der Waals surface area contributed by atoms with Crippen LogP contribution >= 0.6 is 0 Å². The summed E-state index contributed by atoms with van der Waals surface area (Å²) in [5.74, 6) is 2.27. The molecule has 2 aromatic rings. The van der Waals surface area contributed by atoms with E-state index < -0.39 is 0 Å². The zero-order valence-corrected chi connectivity index (χ0v) is 13.9. The van der Waals surface area contributed by atoms with Crippen LogP contribution < -0.4 is 4.90 Å². The molecule has 2 rings (SSSR count). The number of benzene rings is 2. The summed E-state index contributed by atoms with van der Waals surface area (Å²) in [6.45, 7) is 1.87. The van der Waals surface area contributed by atoms with Crippen molar-refractivity contribution in [1.82, 2.24) is 4.90 Å². The number of anilines is 1. The molecule has 0 aliphatic rings. The van der Waals surface area contributed by atoms with Crippen LogP contribution in [-0.2, 0) is 16.1 Å². The van der Waals surface area contributed by atoms with Gasteiger partial charge in [0.15, 0.2) is 0 Å². The molecule has 4 heteroatoms. The number of likely N-dealkylation sites (N-methyl/N-ethyl adjacent to an activating group) is 1. The number of hydrogen-bond donors (Lipinski definition) is 0. The molecular weight excluding hydrogens is 300 g/mol. The summed E-state index contributed by atoms with van der Waals surface area (Å²) in [5, 5.41) is 0. The van der Waals surface area contributed by atoms with Crippen LogP contribution in [0.15, 0.2) is 54.6 Å². The van der Waals surface area contributed by atoms with Crippen molar-refractivity contribution in [2.45, 2.75) is 13.5 Å². The Bertz CT molecular complexity index is 763. The van der Waals surface area contributed by atoms with E-state index in [9.17, 15) is 9.59 Å². The normalized spacial score (nSPS) is 9.88. The van der Waals surface area contributed by atoms with Gasteiger partial charge < -0.3 is 9.80 Å². The number of amides is 2. The Morgan fingerprint density at radius 1 is 1.08 bits per heavy atom. The molecule has 24 heavy (non-hydrogen) atoms. The van der Waals surface area contributed by atoms with Crippen molar-refractivity contribution in [3.05, 3.63) is 65.7 Å². The molecule has 2 aromatic carbocycles. The van der Waals surface area contributed by atoms with Gasteiger partial charge in [0.05, 0.1) is 13.1 Å². The second-order valence-corrected chi connectivity index (χ2v) is 5.54. The maximum absolute atomic E-state index is 12.7. The van der Waals surface area contributed by atoms with Crippen LogP contribution in [0.3, 0.4) is 0 Å². The van der Waals surface area contributed by atoms with Crippen molar-refractivity contribution in [3.63, 3.8) is 0 Å². The minimum atomic E-state index is -0.161. The molecule has 0 aliphatic carbocycles. The van der Waals surface area contributed by atoms with Crippen molar-refractivity contribution < 1.29 is 9.59 Å². The first kappa shape index (κ1) is 17.3. The van der Waals surface area contributed by atoms with Crippen molar-refractivity contribution in [2.24, 2.45) is 0 Å². The molecule has 0 N–H and O–H groups in total. The minimum Gasteiger partial charge on any atom is -0.337 e. The van der Waals surface area contributed by atoms with E-state index in [4.69, 9.17) is 6.42 Å². The third-order valence-electron chi connectivity index (χ3n) is 3.72. The number of nitrogens with zero attached hydrogens (tertiary/aromatic N) is 2. The number of hydrogen-bond acceptors (Lipinski definition) is 2. The fraction of sp³-hybridized carbons (Fsp3) is 0.200. The van der Waals surface area contributed by atoms with Gasteiger partial charge in [0.25, 0.3) is 0 Å². The Labute approximate surface area is 142 Å². The molecule has 0 heterocycles. The van der Waals surface area contributed by atoms with Crippen molar-refractivity contribution in [1.29, 1.82) is 0 Å². The van der Waals surface area contributed by atoms with Gasteiger partial charge in [-0.3, -0.25) is 9.59 Å². The van der Waals surface area contributed by atoms with Gasteiger partial charge >= 0.3 is 0 Å². The quantitative estimate of drug-likeness (QED) is 0.795. The Kier molecular flexibility index (Phi) is 5.75. The monoisotopic (exact) mass is 320 g/mol. The lowest BCUT2D eigenvalue weighted by molar-refractivity contribution is -0.132. The number of carbonyl (C=O) groups is 2. The van der Waals surface area contributed by atoms with Crippen LogP contribution in [0.2, 0.25) is 0 Å². The summed E-state index contributed by atoms with van der Waals surface area (Å²) < 4.78 is 0. The van der Waals surface area contributed by atoms with Gasteiger partial charge in [-0.05, 0) is 23.8 Å². The summed E-state index contributed by atoms with van der Waals surface area (Å²) in [6.07, 6.45) is 5.46. The predicted octanol–water partition coefficient (Wildman–Crippen LogP) is 2.68. The van der Waals surface area contributed by atoms with Crippen molar-refractivity contribution in [2.75, 3.05) is 18.5 Å². The third-order valence-corrected chi connectivity index (χ3v) is 3.72. The molecule has 2 amide bonds. The van der Waals surface area contributed by atoms with Crippen molar-refractivity contribution >= 4 is 17.5 Å². The fourth-order valence-corrected chi connectivity index (χ4v) is 2.25. The smallest absolute Gasteiger partial charge is 0.246 e. The number of carbonyl (C=O) groups excluding carboxylic acids is 2. The van der Waals surface area contributed by atoms with E-state index in [1.54, 1.807) is 18.0 Å². The SMILES string of the molecule is C#Cc1cccc(N(Cc2ccccc2)C(=O)CN(C)C(C)=O)c1. The summed E-state index contributed by atoms with van der Waals surface area (Å²) in [6, 6.07) is 17.0. The molecule has 0 aromatic heterocycles. The molecule has 0 atom stereocenters. The van der Waals surface area contributed by atoms with Crippen LogP contribution in [-0.4, -0.2) is 30.3 Å². The maximum atomic E-state index is 12.7. The van der Waals surface area contributed by atoms with Gasteiger partial charge in [0.1, 0.15) is 0 Å². The standard InChI is InChI=1S/C20H20N2O2/c1-4-17-11-8-12-19(13-17)22(14-18-9-6-5-7-10-18)20(24)15-21(3)16(2)23/h1,5-13H,14-15H2,2-3H3. The second kappa shape index (κ2) is 7.98. The maximum Gasteiger partial charge on any atom is 0.246 e. The molecule has 0 spiro atoms. The highest BCUT2D eigenvalue weighted by molar-refractivity contribution is 5.96. The van der Waals surface area contributed by atoms with E-state index in [1.165, 1.54) is 11.8 Å². The highest BCUT2D eigenvalue weighted by Crippen LogP contribution is 2.19. The Hall–Kier alpha value is -3.06. The van der Waals surface area contributed by atoms with E-state index in [0.29, 0.717) is 12.1 Å². The average Bonchev–Trinajstić information content (AvgIpc) is 2.60. The van der Waals surface area contributed by atoms with Crippen LogP contribution in [0.4, 0.5) is 5.69 Å². The lowest BCUT2D eigenvalue weighted by atomic mass is 10.1. The van der Waals surface area contributed by atoms with E-state index in [-0.39, 0.29) is 18.4 Å². The van der Waals surface area contributed by atoms with Crippen molar-refractivity contribution in [3.8, 4) is 12.3 Å². The van der Waals surface area contributed by atoms with Crippen LogP contribution in [0.25, 0.3) is 0 Å². The van der Waals surface area contributed by atoms with Gasteiger partial charge in [0.2, 0.25) is 11.8 Å². The van der Waals surface area contributed by atoms with E-state index in [0.717, 1.165) is 11.3 Å². The zero-order chi connectivity index (χ0) is 17.5. The van der Waals surface area contributed by atoms with Gasteiger partial charge in [-0.15, -0.1) is 6.42 Å². The summed E-state index contributed by atoms with van der Waals surface area (Å²) >= 11 is 0. The summed E-state index contributed by atoms with van der Waals surface area (Å²) in [7, 11) is 1.61. The number of terminal acetylenes is 1. The number of rotatable bonds is 5. The highest BCUT2D eigenvalue weighted by Gasteiger charge is 2.19. The van der Waals surface area contributed by atoms with Gasteiger partial charge in [-0.25, -0.2) is 0 Å². The average molecular weight is 320 g/mol. The van der Waals surface area contributed by atoms with Gasteiger partial charge in [-0.1, -0.05) is 42.3 Å². The predicted molar refractivity (Wildman–Crippen MR) is 95.3 cm³/mol. The molecule has 0 bridgehead atoms. The lowest BCUT2D eigenvalue weighted by Gasteiger charge is -2.25. The molecule has 122 valence electrons. The zero-order valence-electron chi connectivity index (χ0n) is 13.9. The topological polar surface area (TPSA) is 40.6 Å². The van der Waals surface area contributed by atoms with E-state index in [2.05, 4.69) is 5.92 Å². The lowest BCUT2D eigenvalue weighted by Crippen LogP contribution is -2.40. The van der Waals surface area contributed by atoms with E-state index >= 15 is 0 Å². The Morgan fingerprint density at radius 3 is 2.42 bits per heavy atom. The summed E-state index contributed by atoms with van der Waals surface area (Å²) in [5.41, 5.74) is 2.43. The Morgan fingerprint density at radius 2 is 1.79 bits per heavy atom. The summed E-state index contributed by atoms with van der Waals surface area (Å²) in [4.78, 5) is 27.2. The first-order chi connectivity index (χ1) is 11.5. The van der Waals surface area contributed by atoms with E-state index in [1.807, 2.05) is 48.5 Å². The van der Waals surface area contributed by atoms with Crippen LogP contribution in [0, 0.1) is 12.3 Å². The fourth-order valence-electron chi connectivity index (χ4n) is 2.25. The van der Waals surface area contributed by atoms with Gasteiger partial charge in [0, 0.05) is 25.2 Å². The molecular formula is C20H20N2O2. The van der Waals surface area contributed by atoms with Gasteiger partial charge in [-0.2, -0.15) is 0 Å². The highest BCUT2D eigenvalue weighted by atomic mass is 16.2. The Balaban J connectivity index is 2.31. The molecule has 0 saturated heterocycles. The molecule has 4 nitrogen and oxygen atoms in total. The van der Waals surface area contributed by atoms with Crippen LogP contribution in [0.5, 0.6) is 0 Å². The molecule has 0 unspecified atom stereocenters. The molecule has 0 aliphatic heterocycles. The minimum absolute atomic E-state index is 0.0163.